The lowest BCUT2D eigenvalue weighted by molar-refractivity contribution is 0.0686. The molecule has 114 valence electrons. The minimum atomic E-state index is -3.13. The Hall–Kier alpha value is -2.10. The van der Waals surface area contributed by atoms with Crippen molar-refractivity contribution in [2.45, 2.75) is 0 Å². The van der Waals surface area contributed by atoms with Gasteiger partial charge in [-0.25, -0.2) is 9.59 Å². The summed E-state index contributed by atoms with van der Waals surface area (Å²) in [5.41, 5.74) is 0.0171. The van der Waals surface area contributed by atoms with Crippen LogP contribution in [0.3, 0.4) is 0 Å². The highest BCUT2D eigenvalue weighted by Gasteiger charge is 2.26. The molecular weight excluding hydrogens is 327 g/mol. The number of alkyl halides is 1. The second-order valence-electron chi connectivity index (χ2n) is 4.56. The lowest BCUT2D eigenvalue weighted by Crippen LogP contribution is -2.18. The maximum atomic E-state index is 13.1. The van der Waals surface area contributed by atoms with Crippen LogP contribution in [0, 0.1) is 0 Å². The predicted octanol–water partition coefficient (Wildman–Crippen LogP) is 2.59. The molecule has 5 nitrogen and oxygen atoms in total. The summed E-state index contributed by atoms with van der Waals surface area (Å²) in [6.07, 6.45) is 0. The number of hydrogen-bond donors (Lipinski definition) is 2. The Morgan fingerprint density at radius 1 is 0.818 bits per heavy atom. The molecule has 22 heavy (non-hydrogen) atoms. The highest BCUT2D eigenvalue weighted by atomic mass is 35.5. The molecule has 0 heterocycles. The predicted molar refractivity (Wildman–Crippen MR) is 84.4 cm³/mol. The van der Waals surface area contributed by atoms with Crippen molar-refractivity contribution in [3.63, 3.8) is 0 Å². The van der Waals surface area contributed by atoms with Gasteiger partial charge in [0.2, 0.25) is 0 Å². The molecule has 0 saturated heterocycles. The van der Waals surface area contributed by atoms with E-state index in [0.29, 0.717) is 10.6 Å². The molecule has 0 radical (unpaired) electrons. The van der Waals surface area contributed by atoms with Crippen molar-refractivity contribution in [1.82, 2.24) is 0 Å². The highest BCUT2D eigenvalue weighted by molar-refractivity contribution is 7.79. The summed E-state index contributed by atoms with van der Waals surface area (Å²) < 4.78 is 13.1. The van der Waals surface area contributed by atoms with Gasteiger partial charge >= 0.3 is 11.9 Å². The fourth-order valence-electron chi connectivity index (χ4n) is 1.98. The van der Waals surface area contributed by atoms with Gasteiger partial charge in [0.1, 0.15) is 0 Å². The number of halogens is 1. The summed E-state index contributed by atoms with van der Waals surface area (Å²) >= 11 is 5.89. The average Bonchev–Trinajstić information content (AvgIpc) is 2.54. The Morgan fingerprint density at radius 3 is 1.36 bits per heavy atom. The number of carbonyl (C=O) groups is 2. The molecule has 7 heteroatoms. The lowest BCUT2D eigenvalue weighted by atomic mass is 10.2. The van der Waals surface area contributed by atoms with Gasteiger partial charge in [-0.15, -0.1) is 11.6 Å². The zero-order valence-corrected chi connectivity index (χ0v) is 12.9. The fraction of sp³-hybridized carbons (Fsp3) is 0.0667. The van der Waals surface area contributed by atoms with Gasteiger partial charge in [-0.2, -0.15) is 0 Å². The molecule has 0 bridgehead atoms. The Morgan fingerprint density at radius 2 is 1.14 bits per heavy atom. The van der Waals surface area contributed by atoms with Crippen LogP contribution < -0.4 is 10.6 Å². The minimum Gasteiger partial charge on any atom is -0.478 e. The summed E-state index contributed by atoms with van der Waals surface area (Å²) in [5.74, 6) is -2.14. The molecular formula is C15H12ClO5P. The van der Waals surface area contributed by atoms with Gasteiger partial charge in [0.25, 0.3) is 0 Å². The first kappa shape index (κ1) is 16.3. The molecule has 0 aliphatic heterocycles. The Bertz CT molecular complexity index is 691. The van der Waals surface area contributed by atoms with E-state index < -0.39 is 19.1 Å². The van der Waals surface area contributed by atoms with Crippen molar-refractivity contribution in [2.24, 2.45) is 0 Å². The first-order valence-electron chi connectivity index (χ1n) is 6.21. The van der Waals surface area contributed by atoms with Crippen molar-refractivity contribution in [3.05, 3.63) is 59.7 Å². The van der Waals surface area contributed by atoms with Crippen molar-refractivity contribution >= 4 is 41.3 Å². The van der Waals surface area contributed by atoms with Crippen LogP contribution in [0.15, 0.2) is 48.5 Å². The van der Waals surface area contributed by atoms with Crippen molar-refractivity contribution in [1.29, 1.82) is 0 Å². The van der Waals surface area contributed by atoms with Gasteiger partial charge in [-0.1, -0.05) is 24.3 Å². The van der Waals surface area contributed by atoms with Crippen LogP contribution in [-0.4, -0.2) is 27.8 Å². The summed E-state index contributed by atoms with van der Waals surface area (Å²) in [7, 11) is -3.13. The molecule has 0 aliphatic carbocycles. The Kier molecular flexibility index (Phi) is 4.69. The number of carboxylic acids is 2. The topological polar surface area (TPSA) is 91.7 Å². The third-order valence-corrected chi connectivity index (χ3v) is 6.84. The van der Waals surface area contributed by atoms with E-state index >= 15 is 0 Å². The molecule has 2 rings (SSSR count). The van der Waals surface area contributed by atoms with E-state index in [-0.39, 0.29) is 16.7 Å². The van der Waals surface area contributed by atoms with Gasteiger partial charge in [0, 0.05) is 10.6 Å². The van der Waals surface area contributed by atoms with E-state index in [1.54, 1.807) is 0 Å². The zero-order chi connectivity index (χ0) is 16.3. The number of aromatic carboxylic acids is 2. The van der Waals surface area contributed by atoms with Crippen LogP contribution in [0.1, 0.15) is 20.7 Å². The van der Waals surface area contributed by atoms with Crippen molar-refractivity contribution in [2.75, 3.05) is 5.62 Å². The number of hydrogen-bond acceptors (Lipinski definition) is 3. The maximum Gasteiger partial charge on any atom is 0.335 e. The molecule has 2 aromatic rings. The highest BCUT2D eigenvalue weighted by Crippen LogP contribution is 2.44. The minimum absolute atomic E-state index is 0.0890. The van der Waals surface area contributed by atoms with Gasteiger partial charge in [-0.3, -0.25) is 0 Å². The normalized spacial score (nSPS) is 11.1. The van der Waals surface area contributed by atoms with E-state index in [0.717, 1.165) is 0 Å². The van der Waals surface area contributed by atoms with Crippen LogP contribution in [0.2, 0.25) is 0 Å². The van der Waals surface area contributed by atoms with Crippen LogP contribution in [-0.2, 0) is 4.57 Å². The molecule has 2 aromatic carbocycles. The zero-order valence-electron chi connectivity index (χ0n) is 11.3. The molecule has 0 aliphatic rings. The van der Waals surface area contributed by atoms with Crippen LogP contribution in [0.4, 0.5) is 0 Å². The number of carboxylic acid groups (broad SMARTS) is 2. The SMILES string of the molecule is O=C(O)c1ccc(P(=O)(CCl)c2ccc(C(=O)O)cc2)cc1. The van der Waals surface area contributed by atoms with Gasteiger partial charge < -0.3 is 14.8 Å². The standard InChI is InChI=1S/C15H12ClO5P/c16-9-22(21,12-5-1-10(2-6-12)14(17)18)13-7-3-11(4-8-13)15(19)20/h1-8H,9H2,(H,17,18)(H,19,20). The largest absolute Gasteiger partial charge is 0.478 e. The monoisotopic (exact) mass is 338 g/mol. The molecule has 0 saturated carbocycles. The molecule has 0 spiro atoms. The fourth-order valence-corrected chi connectivity index (χ4v) is 4.64. The lowest BCUT2D eigenvalue weighted by Gasteiger charge is -2.16. The van der Waals surface area contributed by atoms with Crippen molar-refractivity contribution < 1.29 is 24.4 Å². The molecule has 0 unspecified atom stereocenters. The van der Waals surface area contributed by atoms with E-state index in [2.05, 4.69) is 0 Å². The molecule has 2 N–H and O–H groups in total. The van der Waals surface area contributed by atoms with E-state index in [9.17, 15) is 14.2 Å². The Labute approximate surface area is 131 Å². The molecule has 0 fully saturated rings. The van der Waals surface area contributed by atoms with Crippen molar-refractivity contribution in [3.8, 4) is 0 Å². The van der Waals surface area contributed by atoms with Crippen LogP contribution in [0.5, 0.6) is 0 Å². The summed E-state index contributed by atoms with van der Waals surface area (Å²) in [6, 6.07) is 11.3. The van der Waals surface area contributed by atoms with Crippen LogP contribution in [0.25, 0.3) is 0 Å². The van der Waals surface area contributed by atoms with Gasteiger partial charge in [0.05, 0.1) is 16.7 Å². The quantitative estimate of drug-likeness (QED) is 0.646. The Balaban J connectivity index is 2.45. The summed E-state index contributed by atoms with van der Waals surface area (Å²) in [4.78, 5) is 21.7. The molecule has 0 amide bonds. The van der Waals surface area contributed by atoms with E-state index in [1.807, 2.05) is 0 Å². The van der Waals surface area contributed by atoms with Crippen LogP contribution >= 0.6 is 18.7 Å². The first-order valence-corrected chi connectivity index (χ1v) is 8.64. The third-order valence-electron chi connectivity index (χ3n) is 3.23. The molecule has 0 aromatic heterocycles. The number of benzene rings is 2. The summed E-state index contributed by atoms with van der Waals surface area (Å²) in [6.45, 7) is 0. The second-order valence-corrected chi connectivity index (χ2v) is 8.03. The summed E-state index contributed by atoms with van der Waals surface area (Å²) in [5, 5.41) is 18.6. The van der Waals surface area contributed by atoms with Gasteiger partial charge in [0.15, 0.2) is 7.14 Å². The third kappa shape index (κ3) is 3.06. The average molecular weight is 339 g/mol. The second kappa shape index (κ2) is 6.34. The van der Waals surface area contributed by atoms with E-state index in [4.69, 9.17) is 21.8 Å². The number of rotatable bonds is 5. The van der Waals surface area contributed by atoms with Gasteiger partial charge in [-0.05, 0) is 24.3 Å². The smallest absolute Gasteiger partial charge is 0.335 e. The maximum absolute atomic E-state index is 13.1. The first-order chi connectivity index (χ1) is 10.4. The van der Waals surface area contributed by atoms with E-state index in [1.165, 1.54) is 48.5 Å². The molecule has 0 atom stereocenters.